The molecule has 1 aromatic heterocycles. The lowest BCUT2D eigenvalue weighted by Gasteiger charge is -2.39. The Morgan fingerprint density at radius 3 is 2.49 bits per heavy atom. The van der Waals surface area contributed by atoms with E-state index in [1.165, 1.54) is 24.5 Å². The van der Waals surface area contributed by atoms with Crippen molar-refractivity contribution < 1.29 is 18.7 Å². The Labute approximate surface area is 235 Å². The summed E-state index contributed by atoms with van der Waals surface area (Å²) in [7, 11) is 2.04. The summed E-state index contributed by atoms with van der Waals surface area (Å²) < 4.78 is 27.7. The van der Waals surface area contributed by atoms with Gasteiger partial charge in [-0.15, -0.1) is 0 Å². The molecule has 4 heterocycles. The van der Waals surface area contributed by atoms with Crippen molar-refractivity contribution in [2.45, 2.75) is 50.0 Å². The van der Waals surface area contributed by atoms with Gasteiger partial charge in [0, 0.05) is 49.5 Å². The number of carbonyl (C=O) groups is 1. The molecule has 1 amide bonds. The SMILES string of the molecule is C=CC(=O)N1[C@@H]2CC[C@H]1C[C@H](Oc1cc3c(Nc4ccc(Cl)c(Cl)c4F)ncnc3cc1OC1CN(C)C1)C2. The largest absolute Gasteiger partial charge is 0.486 e. The van der Waals surface area contributed by atoms with Crippen molar-refractivity contribution in [1.29, 1.82) is 0 Å². The van der Waals surface area contributed by atoms with E-state index in [-0.39, 0.29) is 45.9 Å². The third-order valence-corrected chi connectivity index (χ3v) is 8.51. The number of anilines is 2. The Hall–Kier alpha value is -3.14. The number of amides is 1. The fraction of sp³-hybridized carbons (Fsp3) is 0.393. The second-order valence-corrected chi connectivity index (χ2v) is 11.2. The van der Waals surface area contributed by atoms with Crippen LogP contribution in [-0.2, 0) is 4.79 Å². The number of benzene rings is 2. The predicted octanol–water partition coefficient (Wildman–Crippen LogP) is 5.60. The van der Waals surface area contributed by atoms with Gasteiger partial charge in [0.15, 0.2) is 17.3 Å². The van der Waals surface area contributed by atoms with Gasteiger partial charge in [0.2, 0.25) is 5.91 Å². The number of ether oxygens (including phenoxy) is 2. The van der Waals surface area contributed by atoms with Crippen molar-refractivity contribution in [2.75, 3.05) is 25.5 Å². The first-order valence-electron chi connectivity index (χ1n) is 13.0. The van der Waals surface area contributed by atoms with Crippen LogP contribution < -0.4 is 14.8 Å². The Morgan fingerprint density at radius 2 is 1.79 bits per heavy atom. The number of hydrogen-bond acceptors (Lipinski definition) is 7. The molecule has 8 nitrogen and oxygen atoms in total. The molecule has 204 valence electrons. The average Bonchev–Trinajstić information content (AvgIpc) is 3.18. The van der Waals surface area contributed by atoms with Crippen molar-refractivity contribution >= 4 is 51.5 Å². The highest BCUT2D eigenvalue weighted by Crippen LogP contribution is 2.42. The van der Waals surface area contributed by atoms with E-state index in [0.717, 1.165) is 38.8 Å². The fourth-order valence-corrected chi connectivity index (χ4v) is 6.17. The second kappa shape index (κ2) is 10.4. The van der Waals surface area contributed by atoms with Crippen LogP contribution in [0.1, 0.15) is 25.7 Å². The van der Waals surface area contributed by atoms with Gasteiger partial charge in [-0.1, -0.05) is 29.8 Å². The van der Waals surface area contributed by atoms with Crippen LogP contribution in [0, 0.1) is 5.82 Å². The van der Waals surface area contributed by atoms with Crippen molar-refractivity contribution in [2.24, 2.45) is 0 Å². The maximum Gasteiger partial charge on any atom is 0.246 e. The maximum absolute atomic E-state index is 14.8. The minimum atomic E-state index is -0.669. The number of likely N-dealkylation sites (tertiary alicyclic amines) is 1. The van der Waals surface area contributed by atoms with Gasteiger partial charge in [-0.25, -0.2) is 14.4 Å². The molecular formula is C28H28Cl2FN5O3. The lowest BCUT2D eigenvalue weighted by atomic mass is 9.99. The van der Waals surface area contributed by atoms with E-state index in [9.17, 15) is 9.18 Å². The summed E-state index contributed by atoms with van der Waals surface area (Å²) in [5.41, 5.74) is 0.759. The maximum atomic E-state index is 14.8. The van der Waals surface area contributed by atoms with Crippen LogP contribution in [0.2, 0.25) is 10.0 Å². The lowest BCUT2D eigenvalue weighted by Crippen LogP contribution is -2.51. The number of nitrogens with zero attached hydrogens (tertiary/aromatic N) is 4. The van der Waals surface area contributed by atoms with Gasteiger partial charge >= 0.3 is 0 Å². The second-order valence-electron chi connectivity index (χ2n) is 10.4. The normalized spacial score (nSPS) is 23.0. The molecule has 2 bridgehead atoms. The van der Waals surface area contributed by atoms with Crippen molar-refractivity contribution in [3.63, 3.8) is 0 Å². The van der Waals surface area contributed by atoms with Crippen molar-refractivity contribution in [3.8, 4) is 11.5 Å². The van der Waals surface area contributed by atoms with Gasteiger partial charge < -0.3 is 19.7 Å². The van der Waals surface area contributed by atoms with E-state index in [2.05, 4.69) is 26.8 Å². The average molecular weight is 572 g/mol. The van der Waals surface area contributed by atoms with Gasteiger partial charge in [0.25, 0.3) is 0 Å². The molecule has 0 spiro atoms. The molecular weight excluding hydrogens is 544 g/mol. The number of fused-ring (bicyclic) bond motifs is 3. The van der Waals surface area contributed by atoms with E-state index in [1.54, 1.807) is 0 Å². The van der Waals surface area contributed by atoms with E-state index in [0.29, 0.717) is 28.2 Å². The van der Waals surface area contributed by atoms with E-state index in [4.69, 9.17) is 32.7 Å². The number of carbonyl (C=O) groups excluding carboxylic acids is 1. The standard InChI is InChI=1S/C28H28Cl2FN5O3/c1-3-25(37)36-15-4-5-16(36)9-17(8-15)38-23-10-19-22(11-24(23)39-18-12-35(2)13-18)32-14-33-28(19)34-21-7-6-20(29)26(30)27(21)31/h3,6-7,10-11,14-18H,1,4-5,8-9,12-13H2,2H3,(H,32,33,34)/t15-,16+,17-. The number of nitrogens with one attached hydrogen (secondary N) is 1. The van der Waals surface area contributed by atoms with Gasteiger partial charge in [0.1, 0.15) is 24.4 Å². The quantitative estimate of drug-likeness (QED) is 0.292. The zero-order valence-electron chi connectivity index (χ0n) is 21.4. The van der Waals surface area contributed by atoms with Crippen LogP contribution in [0.3, 0.4) is 0 Å². The summed E-state index contributed by atoms with van der Waals surface area (Å²) in [5.74, 6) is 0.869. The molecule has 2 aromatic carbocycles. The molecule has 0 radical (unpaired) electrons. The van der Waals surface area contributed by atoms with Crippen molar-refractivity contribution in [1.82, 2.24) is 19.8 Å². The molecule has 3 fully saturated rings. The lowest BCUT2D eigenvalue weighted by molar-refractivity contribution is -0.131. The van der Waals surface area contributed by atoms with Gasteiger partial charge in [-0.2, -0.15) is 0 Å². The number of hydrogen-bond donors (Lipinski definition) is 1. The minimum Gasteiger partial charge on any atom is -0.486 e. The topological polar surface area (TPSA) is 79.8 Å². The summed E-state index contributed by atoms with van der Waals surface area (Å²) in [6, 6.07) is 6.96. The van der Waals surface area contributed by atoms with Gasteiger partial charge in [-0.3, -0.25) is 9.69 Å². The number of piperidine rings is 1. The summed E-state index contributed by atoms with van der Waals surface area (Å²) in [4.78, 5) is 25.3. The first-order valence-corrected chi connectivity index (χ1v) is 13.7. The smallest absolute Gasteiger partial charge is 0.246 e. The summed E-state index contributed by atoms with van der Waals surface area (Å²) in [6.07, 6.45) is 6.12. The van der Waals surface area contributed by atoms with Crippen LogP contribution in [0.4, 0.5) is 15.9 Å². The van der Waals surface area contributed by atoms with Crippen LogP contribution in [0.5, 0.6) is 11.5 Å². The third-order valence-electron chi connectivity index (χ3n) is 7.73. The number of rotatable bonds is 7. The molecule has 3 aromatic rings. The summed E-state index contributed by atoms with van der Waals surface area (Å²) >= 11 is 12.0. The van der Waals surface area contributed by atoms with E-state index >= 15 is 0 Å². The number of halogens is 3. The van der Waals surface area contributed by atoms with Crippen LogP contribution in [-0.4, -0.2) is 70.1 Å². The fourth-order valence-electron chi connectivity index (χ4n) is 5.86. The van der Waals surface area contributed by atoms with Crippen LogP contribution >= 0.6 is 23.2 Å². The van der Waals surface area contributed by atoms with Gasteiger partial charge in [0.05, 0.1) is 21.2 Å². The zero-order valence-corrected chi connectivity index (χ0v) is 22.9. The highest BCUT2D eigenvalue weighted by Gasteiger charge is 2.43. The monoisotopic (exact) mass is 571 g/mol. The third kappa shape index (κ3) is 4.99. The molecule has 3 aliphatic rings. The molecule has 39 heavy (non-hydrogen) atoms. The van der Waals surface area contributed by atoms with Crippen molar-refractivity contribution in [3.05, 3.63) is 59.1 Å². The molecule has 1 N–H and O–H groups in total. The number of aromatic nitrogens is 2. The Bertz CT molecular complexity index is 1440. The Kier molecular flexibility index (Phi) is 6.99. The molecule has 3 aliphatic heterocycles. The number of likely N-dealkylation sites (N-methyl/N-ethyl adjacent to an activating group) is 1. The molecule has 3 atom stereocenters. The van der Waals surface area contributed by atoms with E-state index in [1.807, 2.05) is 24.1 Å². The summed E-state index contributed by atoms with van der Waals surface area (Å²) in [5, 5.41) is 3.62. The molecule has 6 rings (SSSR count). The Morgan fingerprint density at radius 1 is 1.10 bits per heavy atom. The highest BCUT2D eigenvalue weighted by molar-refractivity contribution is 6.42. The molecule has 0 aliphatic carbocycles. The molecule has 3 saturated heterocycles. The molecule has 0 unspecified atom stereocenters. The zero-order chi connectivity index (χ0) is 27.3. The highest BCUT2D eigenvalue weighted by atomic mass is 35.5. The predicted molar refractivity (Wildman–Crippen MR) is 149 cm³/mol. The van der Waals surface area contributed by atoms with E-state index < -0.39 is 5.82 Å². The van der Waals surface area contributed by atoms with Gasteiger partial charge in [-0.05, 0) is 44.2 Å². The Balaban J connectivity index is 1.33. The molecule has 11 heteroatoms. The minimum absolute atomic E-state index is 0.0211. The first kappa shape index (κ1) is 26.1. The van der Waals surface area contributed by atoms with Crippen LogP contribution in [0.15, 0.2) is 43.2 Å². The first-order chi connectivity index (χ1) is 18.8. The molecule has 0 saturated carbocycles. The summed E-state index contributed by atoms with van der Waals surface area (Å²) in [6.45, 7) is 5.29. The van der Waals surface area contributed by atoms with Crippen LogP contribution in [0.25, 0.3) is 10.9 Å².